The van der Waals surface area contributed by atoms with Crippen LogP contribution in [0, 0.1) is 0 Å². The van der Waals surface area contributed by atoms with Crippen molar-refractivity contribution in [2.24, 2.45) is 0 Å². The van der Waals surface area contributed by atoms with Crippen LogP contribution >= 0.6 is 7.60 Å². The maximum absolute atomic E-state index is 13.7. The van der Waals surface area contributed by atoms with Crippen LogP contribution in [0.15, 0.2) is 109 Å². The van der Waals surface area contributed by atoms with Gasteiger partial charge in [-0.25, -0.2) is 4.57 Å². The number of carboxylic acids is 1. The fourth-order valence-corrected chi connectivity index (χ4v) is 5.27. The van der Waals surface area contributed by atoms with E-state index in [2.05, 4.69) is 5.32 Å². The van der Waals surface area contributed by atoms with Crippen molar-refractivity contribution in [1.82, 2.24) is 5.32 Å². The van der Waals surface area contributed by atoms with Gasteiger partial charge in [-0.15, -0.1) is 0 Å². The summed E-state index contributed by atoms with van der Waals surface area (Å²) in [6, 6.07) is 31.6. The van der Waals surface area contributed by atoms with Crippen molar-refractivity contribution in [3.63, 3.8) is 0 Å². The molecule has 0 aliphatic carbocycles. The van der Waals surface area contributed by atoms with Gasteiger partial charge in [0.05, 0.1) is 7.11 Å². The second-order valence-electron chi connectivity index (χ2n) is 8.27. The predicted octanol–water partition coefficient (Wildman–Crippen LogP) is 6.26. The summed E-state index contributed by atoms with van der Waals surface area (Å²) in [5.74, 6) is 0.414. The Hall–Kier alpha value is -4.06. The van der Waals surface area contributed by atoms with Gasteiger partial charge < -0.3 is 18.9 Å². The minimum atomic E-state index is -3.81. The second kappa shape index (κ2) is 12.3. The molecule has 37 heavy (non-hydrogen) atoms. The maximum atomic E-state index is 13.7. The zero-order valence-electron chi connectivity index (χ0n) is 20.3. The largest absolute Gasteiger partial charge is 0.496 e. The van der Waals surface area contributed by atoms with Crippen molar-refractivity contribution in [2.75, 3.05) is 13.4 Å². The normalized spacial score (nSPS) is 11.9. The molecule has 0 heterocycles. The van der Waals surface area contributed by atoms with Crippen molar-refractivity contribution in [3.8, 4) is 28.4 Å². The van der Waals surface area contributed by atoms with E-state index in [-0.39, 0.29) is 12.7 Å². The van der Waals surface area contributed by atoms with Crippen LogP contribution in [0.1, 0.15) is 5.56 Å². The van der Waals surface area contributed by atoms with Gasteiger partial charge in [0.15, 0.2) is 0 Å². The molecule has 0 saturated heterocycles. The Morgan fingerprint density at radius 2 is 1.35 bits per heavy atom. The monoisotopic (exact) mass is 517 g/mol. The topological polar surface area (TPSA) is 94.1 Å². The second-order valence-corrected chi connectivity index (χ2v) is 10.2. The van der Waals surface area contributed by atoms with E-state index in [1.807, 2.05) is 60.7 Å². The van der Waals surface area contributed by atoms with E-state index in [4.69, 9.17) is 13.8 Å². The average Bonchev–Trinajstić information content (AvgIpc) is 2.92. The van der Waals surface area contributed by atoms with Crippen molar-refractivity contribution in [3.05, 3.63) is 115 Å². The van der Waals surface area contributed by atoms with Crippen LogP contribution in [0.4, 0.5) is 0 Å². The number of carboxylic acid groups (broad SMARTS) is 1. The SMILES string of the molecule is COc1ccccc1-c1ccc(CC(NCP(=O)(Oc2ccccc2)Oc2ccccc2)C(=O)O)cc1. The van der Waals surface area contributed by atoms with E-state index < -0.39 is 19.6 Å². The molecule has 190 valence electrons. The van der Waals surface area contributed by atoms with Crippen LogP contribution in [0.5, 0.6) is 17.2 Å². The van der Waals surface area contributed by atoms with Crippen molar-refractivity contribution < 1.29 is 28.3 Å². The number of benzene rings is 4. The van der Waals surface area contributed by atoms with E-state index in [1.54, 1.807) is 55.6 Å². The first-order chi connectivity index (χ1) is 18.0. The summed E-state index contributed by atoms with van der Waals surface area (Å²) in [6.45, 7) is 0. The highest BCUT2D eigenvalue weighted by atomic mass is 31.2. The molecule has 1 atom stereocenters. The zero-order chi connectivity index (χ0) is 26.1. The molecule has 0 amide bonds. The summed E-state index contributed by atoms with van der Waals surface area (Å²) < 4.78 is 30.6. The van der Waals surface area contributed by atoms with Gasteiger partial charge >= 0.3 is 13.6 Å². The third-order valence-electron chi connectivity index (χ3n) is 5.62. The fourth-order valence-electron chi connectivity index (χ4n) is 3.78. The molecular weight excluding hydrogens is 489 g/mol. The summed E-state index contributed by atoms with van der Waals surface area (Å²) in [7, 11) is -2.18. The molecule has 0 bridgehead atoms. The fraction of sp³-hybridized carbons (Fsp3) is 0.138. The molecule has 0 saturated carbocycles. The van der Waals surface area contributed by atoms with E-state index >= 15 is 0 Å². The number of para-hydroxylation sites is 3. The lowest BCUT2D eigenvalue weighted by molar-refractivity contribution is -0.139. The van der Waals surface area contributed by atoms with E-state index in [1.165, 1.54) is 0 Å². The van der Waals surface area contributed by atoms with Crippen LogP contribution in [0.3, 0.4) is 0 Å². The van der Waals surface area contributed by atoms with Gasteiger partial charge in [0.2, 0.25) is 0 Å². The number of aliphatic carboxylic acids is 1. The van der Waals surface area contributed by atoms with Gasteiger partial charge in [0.1, 0.15) is 29.6 Å². The van der Waals surface area contributed by atoms with Crippen LogP contribution in [0.2, 0.25) is 0 Å². The number of ether oxygens (including phenoxy) is 1. The Balaban J connectivity index is 1.48. The number of methoxy groups -OCH3 is 1. The van der Waals surface area contributed by atoms with Crippen LogP contribution in [-0.4, -0.2) is 30.5 Å². The Bertz CT molecular complexity index is 1300. The number of nitrogens with one attached hydrogen (secondary N) is 1. The minimum Gasteiger partial charge on any atom is -0.496 e. The first-order valence-corrected chi connectivity index (χ1v) is 13.5. The Morgan fingerprint density at radius 3 is 1.89 bits per heavy atom. The molecule has 2 N–H and O–H groups in total. The highest BCUT2D eigenvalue weighted by molar-refractivity contribution is 7.54. The molecule has 0 aliphatic rings. The molecule has 4 aromatic carbocycles. The van der Waals surface area contributed by atoms with Crippen LogP contribution in [-0.2, 0) is 15.8 Å². The van der Waals surface area contributed by atoms with E-state index in [9.17, 15) is 14.5 Å². The van der Waals surface area contributed by atoms with Gasteiger partial charge in [-0.05, 0) is 47.9 Å². The molecule has 0 aromatic heterocycles. The van der Waals surface area contributed by atoms with Gasteiger partial charge in [-0.2, -0.15) is 0 Å². The van der Waals surface area contributed by atoms with Crippen molar-refractivity contribution in [2.45, 2.75) is 12.5 Å². The standard InChI is InChI=1S/C29H28NO6P/c1-34-28-15-9-8-14-26(28)23-18-16-22(17-19-23)20-27(29(31)32)30-21-37(33,35-24-10-4-2-5-11-24)36-25-12-6-3-7-13-25/h2-19,27,30H,20-21H2,1H3,(H,31,32). The van der Waals surface area contributed by atoms with Gasteiger partial charge in [0.25, 0.3) is 0 Å². The minimum absolute atomic E-state index is 0.179. The molecular formula is C29H28NO6P. The lowest BCUT2D eigenvalue weighted by Gasteiger charge is -2.22. The first kappa shape index (κ1) is 26.0. The summed E-state index contributed by atoms with van der Waals surface area (Å²) in [5, 5.41) is 12.7. The van der Waals surface area contributed by atoms with Crippen LogP contribution in [0.25, 0.3) is 11.1 Å². The zero-order valence-corrected chi connectivity index (χ0v) is 21.2. The molecule has 0 spiro atoms. The molecule has 0 aliphatic heterocycles. The van der Waals surface area contributed by atoms with E-state index in [0.717, 1.165) is 22.4 Å². The van der Waals surface area contributed by atoms with Crippen LogP contribution < -0.4 is 19.1 Å². The average molecular weight is 518 g/mol. The smallest absolute Gasteiger partial charge is 0.444 e. The quantitative estimate of drug-likeness (QED) is 0.214. The highest BCUT2D eigenvalue weighted by Crippen LogP contribution is 2.47. The molecule has 8 heteroatoms. The molecule has 0 radical (unpaired) electrons. The van der Waals surface area contributed by atoms with Gasteiger partial charge in [-0.3, -0.25) is 10.1 Å². The van der Waals surface area contributed by atoms with E-state index in [0.29, 0.717) is 11.5 Å². The van der Waals surface area contributed by atoms with Crippen molar-refractivity contribution in [1.29, 1.82) is 0 Å². The summed E-state index contributed by atoms with van der Waals surface area (Å²) in [4.78, 5) is 12.1. The first-order valence-electron chi connectivity index (χ1n) is 11.7. The Morgan fingerprint density at radius 1 is 0.811 bits per heavy atom. The lowest BCUT2D eigenvalue weighted by atomic mass is 10.00. The maximum Gasteiger partial charge on any atom is 0.444 e. The van der Waals surface area contributed by atoms with Gasteiger partial charge in [0, 0.05) is 5.56 Å². The molecule has 0 fully saturated rings. The molecule has 4 rings (SSSR count). The predicted molar refractivity (Wildman–Crippen MR) is 143 cm³/mol. The third kappa shape index (κ3) is 7.23. The third-order valence-corrected chi connectivity index (χ3v) is 7.16. The molecule has 1 unspecified atom stereocenters. The number of rotatable bonds is 12. The number of carbonyl (C=O) groups is 1. The highest BCUT2D eigenvalue weighted by Gasteiger charge is 2.31. The number of hydrogen-bond donors (Lipinski definition) is 2. The van der Waals surface area contributed by atoms with Gasteiger partial charge in [-0.1, -0.05) is 78.9 Å². The molecule has 7 nitrogen and oxygen atoms in total. The summed E-state index contributed by atoms with van der Waals surface area (Å²) in [5.41, 5.74) is 2.71. The van der Waals surface area contributed by atoms with Crippen molar-refractivity contribution >= 4 is 13.6 Å². The lowest BCUT2D eigenvalue weighted by Crippen LogP contribution is -2.39. The number of hydrogen-bond acceptors (Lipinski definition) is 6. The summed E-state index contributed by atoms with van der Waals surface area (Å²) in [6.07, 6.45) is -0.120. The Labute approximate surface area is 216 Å². The summed E-state index contributed by atoms with van der Waals surface area (Å²) >= 11 is 0. The molecule has 4 aromatic rings. The Kier molecular flexibility index (Phi) is 8.62.